The molecule has 4 aromatic rings. The van der Waals surface area contributed by atoms with E-state index in [2.05, 4.69) is 114 Å². The fraction of sp³-hybridized carbons (Fsp3) is 0.267. The van der Waals surface area contributed by atoms with Crippen LogP contribution in [0.3, 0.4) is 0 Å². The van der Waals surface area contributed by atoms with Crippen molar-refractivity contribution < 1.29 is 4.74 Å². The molecule has 2 nitrogen and oxygen atoms in total. The Kier molecular flexibility index (Phi) is 4.60. The normalized spacial score (nSPS) is 13.0. The van der Waals surface area contributed by atoms with Gasteiger partial charge in [-0.25, -0.2) is 0 Å². The number of anilines is 3. The lowest BCUT2D eigenvalue weighted by atomic mass is 9.84. The van der Waals surface area contributed by atoms with Crippen LogP contribution in [0.2, 0.25) is 0 Å². The van der Waals surface area contributed by atoms with Crippen molar-refractivity contribution >= 4 is 27.8 Å². The Morgan fingerprint density at radius 3 is 2.06 bits per heavy atom. The van der Waals surface area contributed by atoms with Crippen molar-refractivity contribution in [2.75, 3.05) is 4.90 Å². The first kappa shape index (κ1) is 20.6. The van der Waals surface area contributed by atoms with Crippen molar-refractivity contribution in [1.82, 2.24) is 0 Å². The molecule has 1 aliphatic heterocycles. The molecule has 162 valence electrons. The Balaban J connectivity index is 1.81. The second-order valence-corrected chi connectivity index (χ2v) is 10.2. The molecular formula is C30H31NO. The summed E-state index contributed by atoms with van der Waals surface area (Å²) < 4.78 is 6.49. The molecule has 0 spiro atoms. The molecule has 0 saturated carbocycles. The van der Waals surface area contributed by atoms with Gasteiger partial charge in [-0.15, -0.1) is 0 Å². The van der Waals surface area contributed by atoms with Gasteiger partial charge in [-0.3, -0.25) is 0 Å². The van der Waals surface area contributed by atoms with Crippen LogP contribution in [0, 0.1) is 27.7 Å². The first-order chi connectivity index (χ1) is 15.1. The summed E-state index contributed by atoms with van der Waals surface area (Å²) >= 11 is 0. The maximum atomic E-state index is 6.49. The number of fused-ring (bicyclic) bond motifs is 3. The van der Waals surface area contributed by atoms with Crippen LogP contribution in [-0.4, -0.2) is 0 Å². The molecule has 32 heavy (non-hydrogen) atoms. The average molecular weight is 422 g/mol. The molecular weight excluding hydrogens is 390 g/mol. The highest BCUT2D eigenvalue weighted by atomic mass is 16.5. The highest BCUT2D eigenvalue weighted by Gasteiger charge is 2.29. The molecule has 0 radical (unpaired) electrons. The second kappa shape index (κ2) is 7.13. The number of hydrogen-bond acceptors (Lipinski definition) is 2. The van der Waals surface area contributed by atoms with Crippen molar-refractivity contribution in [2.24, 2.45) is 0 Å². The molecule has 0 amide bonds. The molecule has 1 aliphatic rings. The van der Waals surface area contributed by atoms with Crippen LogP contribution in [0.1, 0.15) is 48.6 Å². The summed E-state index contributed by atoms with van der Waals surface area (Å²) in [5.74, 6) is 1.81. The topological polar surface area (TPSA) is 12.5 Å². The highest BCUT2D eigenvalue weighted by molar-refractivity contribution is 5.97. The van der Waals surface area contributed by atoms with Crippen LogP contribution in [0.4, 0.5) is 17.1 Å². The van der Waals surface area contributed by atoms with Crippen LogP contribution >= 0.6 is 0 Å². The van der Waals surface area contributed by atoms with E-state index in [1.165, 1.54) is 44.3 Å². The van der Waals surface area contributed by atoms with Crippen molar-refractivity contribution in [2.45, 2.75) is 53.9 Å². The van der Waals surface area contributed by atoms with Gasteiger partial charge in [0, 0.05) is 0 Å². The molecule has 0 fully saturated rings. The van der Waals surface area contributed by atoms with Gasteiger partial charge >= 0.3 is 0 Å². The minimum absolute atomic E-state index is 0.111. The van der Waals surface area contributed by atoms with Crippen molar-refractivity contribution in [1.29, 1.82) is 0 Å². The van der Waals surface area contributed by atoms with Gasteiger partial charge in [0.2, 0.25) is 0 Å². The van der Waals surface area contributed by atoms with Crippen LogP contribution in [0.15, 0.2) is 60.7 Å². The SMILES string of the molecule is Cc1ccc2c(c1)Oc1cc3c(C)cccc3cc1N2c1c(C)cc(C(C)(C)C)cc1C. The Morgan fingerprint density at radius 1 is 0.688 bits per heavy atom. The van der Waals surface area contributed by atoms with E-state index in [9.17, 15) is 0 Å². The minimum Gasteiger partial charge on any atom is -0.453 e. The lowest BCUT2D eigenvalue weighted by Crippen LogP contribution is -2.19. The van der Waals surface area contributed by atoms with Crippen LogP contribution in [-0.2, 0) is 5.41 Å². The van der Waals surface area contributed by atoms with E-state index in [1.807, 2.05) is 0 Å². The maximum Gasteiger partial charge on any atom is 0.152 e. The molecule has 0 unspecified atom stereocenters. The predicted molar refractivity (Wildman–Crippen MR) is 136 cm³/mol. The quantitative estimate of drug-likeness (QED) is 0.268. The van der Waals surface area contributed by atoms with Crippen molar-refractivity contribution in [3.63, 3.8) is 0 Å². The summed E-state index contributed by atoms with van der Waals surface area (Å²) in [6.45, 7) is 15.6. The van der Waals surface area contributed by atoms with Gasteiger partial charge in [0.1, 0.15) is 0 Å². The predicted octanol–water partition coefficient (Wildman–Crippen LogP) is 8.95. The third-order valence-corrected chi connectivity index (χ3v) is 6.58. The molecule has 5 rings (SSSR count). The van der Waals surface area contributed by atoms with E-state index in [1.54, 1.807) is 0 Å². The van der Waals surface area contributed by atoms with Gasteiger partial charge < -0.3 is 9.64 Å². The van der Waals surface area contributed by atoms with Gasteiger partial charge in [0.25, 0.3) is 0 Å². The minimum atomic E-state index is 0.111. The van der Waals surface area contributed by atoms with Crippen molar-refractivity contribution in [3.8, 4) is 11.5 Å². The van der Waals surface area contributed by atoms with Gasteiger partial charge in [-0.2, -0.15) is 0 Å². The smallest absolute Gasteiger partial charge is 0.152 e. The van der Waals surface area contributed by atoms with Gasteiger partial charge in [-0.05, 0) is 96.0 Å². The average Bonchev–Trinajstić information content (AvgIpc) is 2.71. The van der Waals surface area contributed by atoms with Gasteiger partial charge in [0.05, 0.1) is 17.1 Å². The van der Waals surface area contributed by atoms with Gasteiger partial charge in [0.15, 0.2) is 11.5 Å². The number of benzene rings is 4. The fourth-order valence-electron chi connectivity index (χ4n) is 4.82. The van der Waals surface area contributed by atoms with E-state index in [0.29, 0.717) is 0 Å². The summed E-state index contributed by atoms with van der Waals surface area (Å²) in [4.78, 5) is 2.40. The third kappa shape index (κ3) is 3.26. The lowest BCUT2D eigenvalue weighted by molar-refractivity contribution is 0.477. The number of aryl methyl sites for hydroxylation is 4. The van der Waals surface area contributed by atoms with Crippen molar-refractivity contribution in [3.05, 3.63) is 88.5 Å². The van der Waals surface area contributed by atoms with Crippen LogP contribution < -0.4 is 9.64 Å². The second-order valence-electron chi connectivity index (χ2n) is 10.2. The number of rotatable bonds is 1. The third-order valence-electron chi connectivity index (χ3n) is 6.58. The molecule has 0 N–H and O–H groups in total. The fourth-order valence-corrected chi connectivity index (χ4v) is 4.82. The molecule has 0 bridgehead atoms. The maximum absolute atomic E-state index is 6.49. The first-order valence-electron chi connectivity index (χ1n) is 11.4. The number of hydrogen-bond donors (Lipinski definition) is 0. The summed E-state index contributed by atoms with van der Waals surface area (Å²) in [6.07, 6.45) is 0. The number of nitrogens with zero attached hydrogens (tertiary/aromatic N) is 1. The zero-order valence-electron chi connectivity index (χ0n) is 20.1. The van der Waals surface area contributed by atoms with E-state index in [4.69, 9.17) is 4.74 Å². The summed E-state index contributed by atoms with van der Waals surface area (Å²) in [5.41, 5.74) is 9.90. The zero-order valence-corrected chi connectivity index (χ0v) is 20.1. The van der Waals surface area contributed by atoms with E-state index >= 15 is 0 Å². The van der Waals surface area contributed by atoms with E-state index in [0.717, 1.165) is 22.9 Å². The standard InChI is InChI=1S/C30H31NO/c1-18-11-12-25-27(13-18)32-28-17-24-19(2)9-8-10-22(24)16-26(28)31(25)29-20(3)14-23(15-21(29)4)30(5,6)7/h8-17H,1-7H3. The van der Waals surface area contributed by atoms with Crippen LogP contribution in [0.25, 0.3) is 10.8 Å². The van der Waals surface area contributed by atoms with Gasteiger partial charge in [-0.1, -0.05) is 57.2 Å². The Labute approximate surface area is 191 Å². The molecule has 4 aromatic carbocycles. The molecule has 1 heterocycles. The van der Waals surface area contributed by atoms with Crippen LogP contribution in [0.5, 0.6) is 11.5 Å². The first-order valence-corrected chi connectivity index (χ1v) is 11.4. The summed E-state index contributed by atoms with van der Waals surface area (Å²) in [5, 5.41) is 2.47. The Hall–Kier alpha value is -3.26. The molecule has 0 atom stereocenters. The van der Waals surface area contributed by atoms with E-state index < -0.39 is 0 Å². The lowest BCUT2D eigenvalue weighted by Gasteiger charge is -2.36. The Morgan fingerprint density at radius 2 is 1.38 bits per heavy atom. The Bertz CT molecular complexity index is 1350. The summed E-state index contributed by atoms with van der Waals surface area (Å²) in [6, 6.07) is 22.1. The summed E-state index contributed by atoms with van der Waals surface area (Å²) in [7, 11) is 0. The van der Waals surface area contributed by atoms with E-state index in [-0.39, 0.29) is 5.41 Å². The molecule has 0 aromatic heterocycles. The highest BCUT2D eigenvalue weighted by Crippen LogP contribution is 2.53. The molecule has 0 aliphatic carbocycles. The largest absolute Gasteiger partial charge is 0.453 e. The molecule has 0 saturated heterocycles. The monoisotopic (exact) mass is 421 g/mol. The zero-order chi connectivity index (χ0) is 22.8. The molecule has 2 heteroatoms. The number of ether oxygens (including phenoxy) is 1.